The Hall–Kier alpha value is -2.25. The average Bonchev–Trinajstić information content (AvgIpc) is 2.83. The maximum Gasteiger partial charge on any atom is 0.332 e. The van der Waals surface area contributed by atoms with Crippen LogP contribution in [0.4, 0.5) is 22.2 Å². The highest BCUT2D eigenvalue weighted by Crippen LogP contribution is 2.34. The molecular formula is C25H37ClN6O4SSi. The first-order valence-electron chi connectivity index (χ1n) is 12.9. The van der Waals surface area contributed by atoms with E-state index < -0.39 is 18.1 Å². The molecule has 1 aliphatic heterocycles. The number of anilines is 3. The molecule has 0 atom stereocenters. The predicted molar refractivity (Wildman–Crippen MR) is 154 cm³/mol. The minimum Gasteiger partial charge on any atom is -0.361 e. The Labute approximate surface area is 231 Å². The van der Waals surface area contributed by atoms with Crippen LogP contribution in [0.3, 0.4) is 0 Å². The van der Waals surface area contributed by atoms with Crippen LogP contribution >= 0.6 is 11.6 Å². The highest BCUT2D eigenvalue weighted by atomic mass is 35.5. The molecule has 2 aromatic rings. The number of aromatic nitrogens is 2. The Kier molecular flexibility index (Phi) is 8.98. The number of rotatable bonds is 10. The lowest BCUT2D eigenvalue weighted by Gasteiger charge is -2.36. The number of urea groups is 1. The van der Waals surface area contributed by atoms with E-state index >= 15 is 0 Å². The van der Waals surface area contributed by atoms with E-state index in [4.69, 9.17) is 21.3 Å². The van der Waals surface area contributed by atoms with Crippen LogP contribution in [0.1, 0.15) is 31.2 Å². The Bertz CT molecular complexity index is 1250. The second kappa shape index (κ2) is 11.9. The number of amides is 2. The molecule has 13 heteroatoms. The number of hydrogen-bond donors (Lipinski definition) is 2. The van der Waals surface area contributed by atoms with Crippen molar-refractivity contribution in [3.8, 4) is 0 Å². The zero-order valence-electron chi connectivity index (χ0n) is 22.4. The van der Waals surface area contributed by atoms with Gasteiger partial charge in [-0.1, -0.05) is 43.4 Å². The Morgan fingerprint density at radius 2 is 1.82 bits per heavy atom. The SMILES string of the molecule is C[Si](C)(C)CCOCN1C(=O)N(c2ccccc2Cl)Cc2cnc(N[C@H]3CC[C@H](NS(C)(=O)=O)CC3)nc21. The first-order chi connectivity index (χ1) is 17.9. The Morgan fingerprint density at radius 3 is 2.47 bits per heavy atom. The standard InChI is InChI=1S/C25H37ClN6O4SSi/c1-37(34,35)30-20-11-9-19(10-12-20)28-24-27-15-18-16-31(22-8-6-5-7-21(22)26)25(33)32(23(18)29-24)17-36-13-14-38(2,3)4/h5-8,15,19-20,30H,9-14,16-17H2,1-4H3,(H,27,28,29)/t19-,20-. The third kappa shape index (κ3) is 7.66. The Morgan fingerprint density at radius 1 is 1.13 bits per heavy atom. The smallest absolute Gasteiger partial charge is 0.332 e. The van der Waals surface area contributed by atoms with Gasteiger partial charge in [0.2, 0.25) is 16.0 Å². The fraction of sp³-hybridized carbons (Fsp3) is 0.560. The minimum absolute atomic E-state index is 0.0512. The molecule has 208 valence electrons. The average molecular weight is 581 g/mol. The molecule has 2 N–H and O–H groups in total. The van der Waals surface area contributed by atoms with Crippen LogP contribution in [-0.4, -0.2) is 64.2 Å². The van der Waals surface area contributed by atoms with Crippen LogP contribution in [0.5, 0.6) is 0 Å². The summed E-state index contributed by atoms with van der Waals surface area (Å²) in [4.78, 5) is 26.1. The quantitative estimate of drug-likeness (QED) is 0.310. The van der Waals surface area contributed by atoms with Gasteiger partial charge in [-0.15, -0.1) is 0 Å². The molecule has 2 aliphatic rings. The number of fused-ring (bicyclic) bond motifs is 1. The van der Waals surface area contributed by atoms with Crippen LogP contribution in [0, 0.1) is 0 Å². The summed E-state index contributed by atoms with van der Waals surface area (Å²) in [5, 5.41) is 3.87. The largest absolute Gasteiger partial charge is 0.361 e. The summed E-state index contributed by atoms with van der Waals surface area (Å²) in [6.07, 6.45) is 5.97. The molecule has 1 aliphatic carbocycles. The number of hydrogen-bond acceptors (Lipinski definition) is 7. The van der Waals surface area contributed by atoms with Crippen molar-refractivity contribution in [3.05, 3.63) is 41.0 Å². The van der Waals surface area contributed by atoms with E-state index in [-0.39, 0.29) is 24.8 Å². The van der Waals surface area contributed by atoms with Gasteiger partial charge in [-0.2, -0.15) is 4.98 Å². The van der Waals surface area contributed by atoms with Crippen molar-refractivity contribution in [3.63, 3.8) is 0 Å². The van der Waals surface area contributed by atoms with Gasteiger partial charge in [0.1, 0.15) is 12.5 Å². The summed E-state index contributed by atoms with van der Waals surface area (Å²) in [7, 11) is -4.51. The van der Waals surface area contributed by atoms with Crippen molar-refractivity contribution >= 4 is 53.2 Å². The summed E-state index contributed by atoms with van der Waals surface area (Å²) in [5.74, 6) is 0.964. The predicted octanol–water partition coefficient (Wildman–Crippen LogP) is 4.66. The molecule has 1 aromatic heterocycles. The van der Waals surface area contributed by atoms with E-state index in [1.807, 2.05) is 18.2 Å². The van der Waals surface area contributed by atoms with Gasteiger partial charge in [0.25, 0.3) is 0 Å². The molecule has 0 radical (unpaired) electrons. The number of para-hydroxylation sites is 1. The van der Waals surface area contributed by atoms with Crippen molar-refractivity contribution in [2.24, 2.45) is 0 Å². The lowest BCUT2D eigenvalue weighted by Crippen LogP contribution is -2.49. The molecule has 0 saturated heterocycles. The monoisotopic (exact) mass is 580 g/mol. The number of ether oxygens (including phenoxy) is 1. The molecule has 1 fully saturated rings. The molecular weight excluding hydrogens is 544 g/mol. The molecule has 0 bridgehead atoms. The Balaban J connectivity index is 1.51. The number of carbonyl (C=O) groups is 1. The van der Waals surface area contributed by atoms with Gasteiger partial charge < -0.3 is 10.1 Å². The minimum atomic E-state index is -3.22. The van der Waals surface area contributed by atoms with Gasteiger partial charge in [0, 0.05) is 38.5 Å². The summed E-state index contributed by atoms with van der Waals surface area (Å²) in [6, 6.07) is 8.06. The first-order valence-corrected chi connectivity index (χ1v) is 18.9. The van der Waals surface area contributed by atoms with Gasteiger partial charge >= 0.3 is 6.03 Å². The number of carbonyl (C=O) groups excluding carboxylic acids is 1. The molecule has 4 rings (SSSR count). The van der Waals surface area contributed by atoms with Crippen molar-refractivity contribution in [1.82, 2.24) is 14.7 Å². The van der Waals surface area contributed by atoms with Crippen molar-refractivity contribution in [2.45, 2.75) is 70.0 Å². The normalized spacial score (nSPS) is 20.4. The summed E-state index contributed by atoms with van der Waals surface area (Å²) in [5.41, 5.74) is 1.42. The zero-order chi connectivity index (χ0) is 27.5. The van der Waals surface area contributed by atoms with E-state index in [0.29, 0.717) is 35.6 Å². The fourth-order valence-electron chi connectivity index (χ4n) is 4.64. The number of sulfonamides is 1. The van der Waals surface area contributed by atoms with Crippen LogP contribution in [-0.2, 0) is 21.3 Å². The second-order valence-corrected chi connectivity index (χ2v) is 19.0. The van der Waals surface area contributed by atoms with Crippen LogP contribution in [0.2, 0.25) is 30.7 Å². The maximum atomic E-state index is 13.7. The van der Waals surface area contributed by atoms with Crippen LogP contribution in [0.25, 0.3) is 0 Å². The van der Waals surface area contributed by atoms with E-state index in [9.17, 15) is 13.2 Å². The number of benzene rings is 1. The maximum absolute atomic E-state index is 13.7. The summed E-state index contributed by atoms with van der Waals surface area (Å²) in [6.45, 7) is 7.80. The van der Waals surface area contributed by atoms with Gasteiger partial charge in [-0.3, -0.25) is 9.80 Å². The molecule has 0 unspecified atom stereocenters. The van der Waals surface area contributed by atoms with Crippen molar-refractivity contribution in [1.29, 1.82) is 0 Å². The highest BCUT2D eigenvalue weighted by Gasteiger charge is 2.34. The first kappa shape index (κ1) is 28.7. The molecule has 10 nitrogen and oxygen atoms in total. The van der Waals surface area contributed by atoms with Gasteiger partial charge in [0.15, 0.2) is 0 Å². The van der Waals surface area contributed by atoms with Crippen molar-refractivity contribution < 1.29 is 17.9 Å². The van der Waals surface area contributed by atoms with Crippen molar-refractivity contribution in [2.75, 3.05) is 34.7 Å². The highest BCUT2D eigenvalue weighted by molar-refractivity contribution is 7.88. The molecule has 2 heterocycles. The molecule has 1 aromatic carbocycles. The summed E-state index contributed by atoms with van der Waals surface area (Å²) < 4.78 is 31.8. The molecule has 0 spiro atoms. The van der Waals surface area contributed by atoms with E-state index in [1.165, 1.54) is 6.26 Å². The molecule has 2 amide bonds. The number of nitrogens with zero attached hydrogens (tertiary/aromatic N) is 4. The second-order valence-electron chi connectivity index (χ2n) is 11.2. The van der Waals surface area contributed by atoms with Gasteiger partial charge in [-0.25, -0.2) is 22.9 Å². The fourth-order valence-corrected chi connectivity index (χ4v) is 6.47. The van der Waals surface area contributed by atoms with E-state index in [1.54, 1.807) is 22.1 Å². The van der Waals surface area contributed by atoms with Gasteiger partial charge in [-0.05, 0) is 43.9 Å². The third-order valence-corrected chi connectivity index (χ3v) is 9.47. The van der Waals surface area contributed by atoms with Crippen LogP contribution in [0.15, 0.2) is 30.5 Å². The van der Waals surface area contributed by atoms with E-state index in [0.717, 1.165) is 37.3 Å². The number of halogens is 1. The van der Waals surface area contributed by atoms with Crippen LogP contribution < -0.4 is 19.8 Å². The lowest BCUT2D eigenvalue weighted by molar-refractivity contribution is 0.147. The lowest BCUT2D eigenvalue weighted by atomic mass is 9.92. The molecule has 1 saturated carbocycles. The molecule has 38 heavy (non-hydrogen) atoms. The number of nitrogens with one attached hydrogen (secondary N) is 2. The van der Waals surface area contributed by atoms with E-state index in [2.05, 4.69) is 34.7 Å². The topological polar surface area (TPSA) is 117 Å². The third-order valence-electron chi connectivity index (χ3n) is 6.69. The zero-order valence-corrected chi connectivity index (χ0v) is 25.0. The van der Waals surface area contributed by atoms with Gasteiger partial charge in [0.05, 0.1) is 23.5 Å². The summed E-state index contributed by atoms with van der Waals surface area (Å²) >= 11 is 6.44.